The Hall–Kier alpha value is -4.72. The Morgan fingerprint density at radius 3 is 2.70 bits per heavy atom. The molecule has 5 aromatic rings. The standard InChI is InChI=1S/C23H20N10O3S/c1-36-15-11-27-19(16-12-24-13-37-16)20-18(15)14(10-26-20)21(34)22(35)31-6-8-32(9-7-31)23-28-29-30-33(23)17-4-2-3-5-25-17/h2-5,10-13,26H,6-9H2,1H3. The average Bonchev–Trinajstić information content (AvgIpc) is 3.73. The molecule has 186 valence electrons. The number of amides is 1. The summed E-state index contributed by atoms with van der Waals surface area (Å²) in [4.78, 5) is 47.0. The second kappa shape index (κ2) is 9.39. The van der Waals surface area contributed by atoms with Crippen LogP contribution in [0.5, 0.6) is 5.75 Å². The molecule has 1 amide bonds. The van der Waals surface area contributed by atoms with Gasteiger partial charge in [-0.1, -0.05) is 11.2 Å². The van der Waals surface area contributed by atoms with Gasteiger partial charge in [-0.3, -0.25) is 14.6 Å². The molecule has 0 bridgehead atoms. The molecule has 1 fully saturated rings. The van der Waals surface area contributed by atoms with E-state index in [1.54, 1.807) is 33.7 Å². The molecule has 0 aromatic carbocycles. The number of tetrazole rings is 1. The Labute approximate surface area is 213 Å². The maximum atomic E-state index is 13.4. The van der Waals surface area contributed by atoms with Gasteiger partial charge in [0.15, 0.2) is 5.82 Å². The number of nitrogens with one attached hydrogen (secondary N) is 1. The van der Waals surface area contributed by atoms with Crippen molar-refractivity contribution in [1.29, 1.82) is 0 Å². The molecule has 5 aromatic heterocycles. The lowest BCUT2D eigenvalue weighted by molar-refractivity contribution is -0.126. The molecule has 0 aliphatic carbocycles. The lowest BCUT2D eigenvalue weighted by atomic mass is 10.1. The first-order valence-electron chi connectivity index (χ1n) is 11.4. The van der Waals surface area contributed by atoms with Gasteiger partial charge in [-0.25, -0.2) is 9.97 Å². The van der Waals surface area contributed by atoms with E-state index in [2.05, 4.69) is 35.5 Å². The highest BCUT2D eigenvalue weighted by Crippen LogP contribution is 2.35. The summed E-state index contributed by atoms with van der Waals surface area (Å²) in [6, 6.07) is 5.48. The number of ketones is 1. The monoisotopic (exact) mass is 516 g/mol. The maximum absolute atomic E-state index is 13.4. The van der Waals surface area contributed by atoms with Crippen molar-refractivity contribution in [2.24, 2.45) is 0 Å². The number of thiazole rings is 1. The van der Waals surface area contributed by atoms with Gasteiger partial charge in [0.25, 0.3) is 17.6 Å². The minimum absolute atomic E-state index is 0.242. The van der Waals surface area contributed by atoms with Gasteiger partial charge in [0.05, 0.1) is 40.2 Å². The number of H-pyrrole nitrogens is 1. The average molecular weight is 517 g/mol. The van der Waals surface area contributed by atoms with Crippen LogP contribution < -0.4 is 9.64 Å². The fourth-order valence-electron chi connectivity index (χ4n) is 4.35. The van der Waals surface area contributed by atoms with Crippen molar-refractivity contribution in [3.05, 3.63) is 54.1 Å². The van der Waals surface area contributed by atoms with Crippen LogP contribution in [0.25, 0.3) is 27.3 Å². The number of ether oxygens (including phenoxy) is 1. The second-order valence-corrected chi connectivity index (χ2v) is 9.07. The number of nitrogens with zero attached hydrogens (tertiary/aromatic N) is 9. The summed E-state index contributed by atoms with van der Waals surface area (Å²) in [5.74, 6) is 0.339. The first-order valence-corrected chi connectivity index (χ1v) is 12.2. The number of carbonyl (C=O) groups excluding carboxylic acids is 2. The number of methoxy groups -OCH3 is 1. The zero-order chi connectivity index (χ0) is 25.4. The Balaban J connectivity index is 1.22. The molecule has 0 spiro atoms. The number of fused-ring (bicyclic) bond motifs is 1. The Morgan fingerprint density at radius 2 is 1.97 bits per heavy atom. The molecule has 0 unspecified atom stereocenters. The van der Waals surface area contributed by atoms with Gasteiger partial charge in [-0.2, -0.15) is 4.68 Å². The van der Waals surface area contributed by atoms with E-state index in [0.717, 1.165) is 4.88 Å². The van der Waals surface area contributed by atoms with E-state index in [1.165, 1.54) is 24.6 Å². The number of hydrogen-bond donors (Lipinski definition) is 1. The van der Waals surface area contributed by atoms with E-state index in [4.69, 9.17) is 4.74 Å². The molecular weight excluding hydrogens is 496 g/mol. The van der Waals surface area contributed by atoms with Crippen LogP contribution in [0.2, 0.25) is 0 Å². The maximum Gasteiger partial charge on any atom is 0.295 e. The van der Waals surface area contributed by atoms with E-state index in [-0.39, 0.29) is 5.56 Å². The smallest absolute Gasteiger partial charge is 0.295 e. The number of carbonyl (C=O) groups is 2. The van der Waals surface area contributed by atoms with E-state index >= 15 is 0 Å². The van der Waals surface area contributed by atoms with E-state index in [9.17, 15) is 9.59 Å². The highest BCUT2D eigenvalue weighted by molar-refractivity contribution is 7.13. The van der Waals surface area contributed by atoms with Gasteiger partial charge in [0.1, 0.15) is 11.4 Å². The summed E-state index contributed by atoms with van der Waals surface area (Å²) in [5, 5.41) is 12.5. The lowest BCUT2D eigenvalue weighted by Gasteiger charge is -2.34. The first-order chi connectivity index (χ1) is 18.2. The molecule has 6 rings (SSSR count). The SMILES string of the molecule is COc1cnc(-c2cncs2)c2[nH]cc(C(=O)C(=O)N3CCN(c4nnnn4-c4ccccn4)CC3)c12. The molecule has 1 saturated heterocycles. The van der Waals surface area contributed by atoms with Crippen molar-refractivity contribution < 1.29 is 14.3 Å². The molecule has 1 aliphatic rings. The molecule has 1 N–H and O–H groups in total. The van der Waals surface area contributed by atoms with Crippen LogP contribution in [0.3, 0.4) is 0 Å². The van der Waals surface area contributed by atoms with Crippen molar-refractivity contribution >= 4 is 39.9 Å². The highest BCUT2D eigenvalue weighted by Gasteiger charge is 2.31. The quantitative estimate of drug-likeness (QED) is 0.261. The Morgan fingerprint density at radius 1 is 1.11 bits per heavy atom. The largest absolute Gasteiger partial charge is 0.494 e. The summed E-state index contributed by atoms with van der Waals surface area (Å²) < 4.78 is 7.02. The number of hydrogen-bond acceptors (Lipinski definition) is 11. The van der Waals surface area contributed by atoms with Crippen LogP contribution in [0.4, 0.5) is 5.95 Å². The van der Waals surface area contributed by atoms with Gasteiger partial charge in [0.2, 0.25) is 0 Å². The zero-order valence-electron chi connectivity index (χ0n) is 19.6. The molecule has 37 heavy (non-hydrogen) atoms. The Bertz CT molecular complexity index is 1570. The number of aromatic nitrogens is 8. The molecule has 13 nitrogen and oxygen atoms in total. The summed E-state index contributed by atoms with van der Waals surface area (Å²) in [5.41, 5.74) is 3.21. The number of pyridine rings is 2. The minimum Gasteiger partial charge on any atom is -0.494 e. The Kier molecular flexibility index (Phi) is 5.76. The predicted molar refractivity (Wildman–Crippen MR) is 134 cm³/mol. The molecule has 14 heteroatoms. The molecule has 0 radical (unpaired) electrons. The number of aromatic amines is 1. The molecule has 6 heterocycles. The zero-order valence-corrected chi connectivity index (χ0v) is 20.4. The number of piperazine rings is 1. The van der Waals surface area contributed by atoms with E-state index < -0.39 is 11.7 Å². The fourth-order valence-corrected chi connectivity index (χ4v) is 4.97. The molecule has 1 aliphatic heterocycles. The number of anilines is 1. The van der Waals surface area contributed by atoms with Crippen molar-refractivity contribution in [2.45, 2.75) is 0 Å². The minimum atomic E-state index is -0.613. The summed E-state index contributed by atoms with van der Waals surface area (Å²) >= 11 is 1.43. The lowest BCUT2D eigenvalue weighted by Crippen LogP contribution is -2.51. The normalized spacial score (nSPS) is 13.8. The van der Waals surface area contributed by atoms with Crippen molar-refractivity contribution in [2.75, 3.05) is 38.2 Å². The predicted octanol–water partition coefficient (Wildman–Crippen LogP) is 1.60. The van der Waals surface area contributed by atoms with E-state index in [0.29, 0.717) is 60.3 Å². The topological polar surface area (TPSA) is 148 Å². The highest BCUT2D eigenvalue weighted by atomic mass is 32.1. The first kappa shape index (κ1) is 22.7. The third kappa shape index (κ3) is 3.96. The van der Waals surface area contributed by atoms with Gasteiger partial charge in [-0.15, -0.1) is 11.3 Å². The fraction of sp³-hybridized carbons (Fsp3) is 0.217. The van der Waals surface area contributed by atoms with Crippen molar-refractivity contribution in [1.82, 2.24) is 45.0 Å². The number of Topliss-reactive ketones (excluding diaryl/α,β-unsaturated/α-hetero) is 1. The van der Waals surface area contributed by atoms with Gasteiger partial charge in [-0.05, 0) is 22.6 Å². The van der Waals surface area contributed by atoms with Crippen LogP contribution in [-0.2, 0) is 4.79 Å². The summed E-state index contributed by atoms with van der Waals surface area (Å²) in [6.07, 6.45) is 6.46. The number of rotatable bonds is 6. The molecule has 0 saturated carbocycles. The summed E-state index contributed by atoms with van der Waals surface area (Å²) in [7, 11) is 1.50. The van der Waals surface area contributed by atoms with Crippen LogP contribution in [0.1, 0.15) is 10.4 Å². The van der Waals surface area contributed by atoms with Gasteiger partial charge in [0, 0.05) is 44.8 Å². The van der Waals surface area contributed by atoms with E-state index in [1.807, 2.05) is 23.1 Å². The van der Waals surface area contributed by atoms with Crippen LogP contribution >= 0.6 is 11.3 Å². The van der Waals surface area contributed by atoms with Crippen LogP contribution in [-0.4, -0.2) is 90.0 Å². The van der Waals surface area contributed by atoms with Crippen LogP contribution in [0, 0.1) is 0 Å². The second-order valence-electron chi connectivity index (χ2n) is 8.18. The summed E-state index contributed by atoms with van der Waals surface area (Å²) in [6.45, 7) is 1.60. The third-order valence-corrected chi connectivity index (χ3v) is 6.95. The van der Waals surface area contributed by atoms with Gasteiger partial charge >= 0.3 is 0 Å². The molecule has 0 atom stereocenters. The van der Waals surface area contributed by atoms with Gasteiger partial charge < -0.3 is 19.5 Å². The third-order valence-electron chi connectivity index (χ3n) is 6.17. The molecular formula is C23H20N10O3S. The van der Waals surface area contributed by atoms with Crippen molar-refractivity contribution in [3.8, 4) is 22.1 Å². The van der Waals surface area contributed by atoms with Crippen molar-refractivity contribution in [3.63, 3.8) is 0 Å². The van der Waals surface area contributed by atoms with Crippen LogP contribution in [0.15, 0.2) is 48.5 Å².